The number of fused-ring (bicyclic) bond motifs is 1. The number of hydrogen-bond donors (Lipinski definition) is 0. The topological polar surface area (TPSA) is 26.3 Å². The lowest BCUT2D eigenvalue weighted by molar-refractivity contribution is -0.105. The van der Waals surface area contributed by atoms with Crippen LogP contribution in [0.2, 0.25) is 0 Å². The van der Waals surface area contributed by atoms with Crippen molar-refractivity contribution in [2.75, 3.05) is 6.61 Å². The summed E-state index contributed by atoms with van der Waals surface area (Å²) in [6, 6.07) is 16.7. The Kier molecular flexibility index (Phi) is 3.64. The molecule has 0 N–H and O–H groups in total. The summed E-state index contributed by atoms with van der Waals surface area (Å²) in [7, 11) is 0. The predicted molar refractivity (Wildman–Crippen MR) is 79.8 cm³/mol. The van der Waals surface area contributed by atoms with E-state index in [1.54, 1.807) is 0 Å². The summed E-state index contributed by atoms with van der Waals surface area (Å²) in [6.45, 7) is 0.374. The Labute approximate surface area is 118 Å². The summed E-state index contributed by atoms with van der Waals surface area (Å²) in [6.07, 6.45) is 4.76. The van der Waals surface area contributed by atoms with Gasteiger partial charge in [0, 0.05) is 11.1 Å². The predicted octanol–water partition coefficient (Wildman–Crippen LogP) is 3.45. The Bertz CT molecular complexity index is 642. The molecule has 0 atom stereocenters. The normalized spacial score (nSPS) is 13.1. The Balaban J connectivity index is 1.73. The summed E-state index contributed by atoms with van der Waals surface area (Å²) in [5.74, 6) is 0.876. The molecule has 0 amide bonds. The molecule has 0 unspecified atom stereocenters. The molecule has 2 nitrogen and oxygen atoms in total. The molecule has 100 valence electrons. The second-order valence-electron chi connectivity index (χ2n) is 4.98. The van der Waals surface area contributed by atoms with E-state index in [4.69, 9.17) is 4.74 Å². The fraction of sp³-hybridized carbons (Fsp3) is 0.167. The first kappa shape index (κ1) is 12.7. The summed E-state index contributed by atoms with van der Waals surface area (Å²) in [4.78, 5) is 10.7. The van der Waals surface area contributed by atoms with E-state index in [0.29, 0.717) is 12.2 Å². The van der Waals surface area contributed by atoms with E-state index >= 15 is 0 Å². The second-order valence-corrected chi connectivity index (χ2v) is 4.98. The monoisotopic (exact) mass is 264 g/mol. The molecule has 3 rings (SSSR count). The van der Waals surface area contributed by atoms with Crippen LogP contribution in [0.4, 0.5) is 0 Å². The number of aryl methyl sites for hydroxylation is 2. The quantitative estimate of drug-likeness (QED) is 0.791. The number of carbonyl (C=O) groups is 1. The van der Waals surface area contributed by atoms with Gasteiger partial charge in [-0.15, -0.1) is 0 Å². The molecule has 2 heteroatoms. The maximum atomic E-state index is 10.7. The third kappa shape index (κ3) is 2.80. The molecule has 0 aromatic heterocycles. The van der Waals surface area contributed by atoms with Gasteiger partial charge in [-0.3, -0.25) is 4.79 Å². The highest BCUT2D eigenvalue weighted by Crippen LogP contribution is 2.27. The zero-order valence-electron chi connectivity index (χ0n) is 11.2. The van der Waals surface area contributed by atoms with Crippen molar-refractivity contribution in [3.8, 4) is 5.75 Å². The Morgan fingerprint density at radius 3 is 2.60 bits per heavy atom. The smallest absolute Gasteiger partial charge is 0.149 e. The molecule has 1 aliphatic rings. The van der Waals surface area contributed by atoms with Crippen molar-refractivity contribution in [2.45, 2.75) is 12.8 Å². The Morgan fingerprint density at radius 2 is 1.80 bits per heavy atom. The third-order valence-electron chi connectivity index (χ3n) is 3.51. The van der Waals surface area contributed by atoms with E-state index in [0.717, 1.165) is 30.4 Å². The van der Waals surface area contributed by atoms with Crippen molar-refractivity contribution in [1.82, 2.24) is 0 Å². The van der Waals surface area contributed by atoms with E-state index in [2.05, 4.69) is 36.4 Å². The number of aldehydes is 1. The van der Waals surface area contributed by atoms with Crippen molar-refractivity contribution < 1.29 is 9.53 Å². The molecule has 0 aliphatic carbocycles. The standard InChI is InChI=1S/C18H16O2/c19-12-16-10-17-9-8-15(11-18(17)20-13-16)7-6-14-4-2-1-3-5-14/h1-5,8-12H,6-7,13H2. The summed E-state index contributed by atoms with van der Waals surface area (Å²) in [5.41, 5.74) is 4.28. The van der Waals surface area contributed by atoms with Gasteiger partial charge in [-0.2, -0.15) is 0 Å². The molecule has 1 aliphatic heterocycles. The van der Waals surface area contributed by atoms with E-state index in [1.165, 1.54) is 11.1 Å². The fourth-order valence-corrected chi connectivity index (χ4v) is 2.38. The zero-order valence-corrected chi connectivity index (χ0v) is 11.2. The molecule has 0 fully saturated rings. The van der Waals surface area contributed by atoms with Crippen LogP contribution in [0.1, 0.15) is 16.7 Å². The fourth-order valence-electron chi connectivity index (χ4n) is 2.38. The average Bonchev–Trinajstić information content (AvgIpc) is 2.53. The van der Waals surface area contributed by atoms with Crippen LogP contribution in [-0.2, 0) is 17.6 Å². The van der Waals surface area contributed by atoms with Crippen LogP contribution in [0.25, 0.3) is 6.08 Å². The van der Waals surface area contributed by atoms with Gasteiger partial charge >= 0.3 is 0 Å². The third-order valence-corrected chi connectivity index (χ3v) is 3.51. The minimum atomic E-state index is 0.374. The van der Waals surface area contributed by atoms with Crippen LogP contribution in [-0.4, -0.2) is 12.9 Å². The first-order chi connectivity index (χ1) is 9.85. The van der Waals surface area contributed by atoms with Gasteiger partial charge in [0.25, 0.3) is 0 Å². The number of rotatable bonds is 4. The van der Waals surface area contributed by atoms with Gasteiger partial charge in [0.2, 0.25) is 0 Å². The molecule has 0 saturated heterocycles. The minimum Gasteiger partial charge on any atom is -0.488 e. The highest BCUT2D eigenvalue weighted by Gasteiger charge is 2.11. The number of benzene rings is 2. The first-order valence-electron chi connectivity index (χ1n) is 6.80. The molecule has 1 heterocycles. The largest absolute Gasteiger partial charge is 0.488 e. The molecule has 2 aromatic carbocycles. The molecule has 20 heavy (non-hydrogen) atoms. The van der Waals surface area contributed by atoms with Gasteiger partial charge in [0.15, 0.2) is 0 Å². The Morgan fingerprint density at radius 1 is 1.00 bits per heavy atom. The van der Waals surface area contributed by atoms with E-state index < -0.39 is 0 Å². The first-order valence-corrected chi connectivity index (χ1v) is 6.80. The van der Waals surface area contributed by atoms with Crippen LogP contribution < -0.4 is 4.74 Å². The molecular weight excluding hydrogens is 248 g/mol. The molecule has 0 bridgehead atoms. The van der Waals surface area contributed by atoms with Crippen molar-refractivity contribution >= 4 is 12.4 Å². The maximum absolute atomic E-state index is 10.7. The van der Waals surface area contributed by atoms with Crippen LogP contribution in [0.15, 0.2) is 54.1 Å². The lowest BCUT2D eigenvalue weighted by atomic mass is 10.0. The maximum Gasteiger partial charge on any atom is 0.149 e. The van der Waals surface area contributed by atoms with Gasteiger partial charge in [-0.1, -0.05) is 42.5 Å². The summed E-state index contributed by atoms with van der Waals surface area (Å²) in [5, 5.41) is 0. The lowest BCUT2D eigenvalue weighted by Gasteiger charge is -2.16. The summed E-state index contributed by atoms with van der Waals surface area (Å²) < 4.78 is 5.62. The van der Waals surface area contributed by atoms with E-state index in [9.17, 15) is 4.79 Å². The van der Waals surface area contributed by atoms with E-state index in [1.807, 2.05) is 18.2 Å². The van der Waals surface area contributed by atoms with Crippen molar-refractivity contribution in [2.24, 2.45) is 0 Å². The molecule has 0 spiro atoms. The Hall–Kier alpha value is -2.35. The average molecular weight is 264 g/mol. The molecule has 2 aromatic rings. The second kappa shape index (κ2) is 5.74. The highest BCUT2D eigenvalue weighted by molar-refractivity contribution is 5.84. The van der Waals surface area contributed by atoms with Crippen LogP contribution in [0.5, 0.6) is 5.75 Å². The molecule has 0 radical (unpaired) electrons. The molecule has 0 saturated carbocycles. The minimum absolute atomic E-state index is 0.374. The SMILES string of the molecule is O=CC1=Cc2ccc(CCc3ccccc3)cc2OC1. The highest BCUT2D eigenvalue weighted by atomic mass is 16.5. The number of hydrogen-bond acceptors (Lipinski definition) is 2. The van der Waals surface area contributed by atoms with E-state index in [-0.39, 0.29) is 0 Å². The zero-order chi connectivity index (χ0) is 13.8. The van der Waals surface area contributed by atoms with Gasteiger partial charge in [0.05, 0.1) is 0 Å². The van der Waals surface area contributed by atoms with Crippen LogP contribution >= 0.6 is 0 Å². The number of carbonyl (C=O) groups excluding carboxylic acids is 1. The van der Waals surface area contributed by atoms with Gasteiger partial charge in [-0.25, -0.2) is 0 Å². The van der Waals surface area contributed by atoms with Crippen LogP contribution in [0, 0.1) is 0 Å². The van der Waals surface area contributed by atoms with Gasteiger partial charge in [0.1, 0.15) is 18.6 Å². The van der Waals surface area contributed by atoms with Crippen molar-refractivity contribution in [1.29, 1.82) is 0 Å². The van der Waals surface area contributed by atoms with Crippen LogP contribution in [0.3, 0.4) is 0 Å². The van der Waals surface area contributed by atoms with Crippen molar-refractivity contribution in [3.05, 3.63) is 70.8 Å². The van der Waals surface area contributed by atoms with Gasteiger partial charge in [-0.05, 0) is 36.1 Å². The lowest BCUT2D eigenvalue weighted by Crippen LogP contribution is -2.08. The van der Waals surface area contributed by atoms with Crippen molar-refractivity contribution in [3.63, 3.8) is 0 Å². The molecular formula is C18H16O2. The summed E-state index contributed by atoms with van der Waals surface area (Å²) >= 11 is 0. The number of ether oxygens (including phenoxy) is 1. The van der Waals surface area contributed by atoms with Gasteiger partial charge < -0.3 is 4.74 Å².